The van der Waals surface area contributed by atoms with Crippen molar-refractivity contribution >= 4 is 51.7 Å². The average Bonchev–Trinajstić information content (AvgIpc) is 3.24. The monoisotopic (exact) mass is 892 g/mol. The average molecular weight is 895 g/mol. The van der Waals surface area contributed by atoms with Crippen LogP contribution in [0.25, 0.3) is 11.1 Å². The van der Waals surface area contributed by atoms with E-state index in [-0.39, 0.29) is 7.43 Å². The quantitative estimate of drug-likeness (QED) is 0.103. The van der Waals surface area contributed by atoms with Gasteiger partial charge in [-0.05, 0) is 64.9 Å². The maximum Gasteiger partial charge on any atom is 0.489 e. The predicted octanol–water partition coefficient (Wildman–Crippen LogP) is 9.15. The van der Waals surface area contributed by atoms with Gasteiger partial charge in [-0.2, -0.15) is 0 Å². The Kier molecular flexibility index (Phi) is 19.2. The molecule has 8 rings (SSSR count). The molecule has 2 saturated heterocycles. The van der Waals surface area contributed by atoms with Crippen molar-refractivity contribution < 1.29 is 10.0 Å². The molecule has 4 N–H and O–H groups in total. The molecule has 59 heavy (non-hydrogen) atoms. The summed E-state index contributed by atoms with van der Waals surface area (Å²) in [7, 11) is -1.48. The molecule has 0 bridgehead atoms. The lowest BCUT2D eigenvalue weighted by atomic mass is 9.80. The zero-order chi connectivity index (χ0) is 40.5. The number of piperazine rings is 2. The number of hydrogen-bond donors (Lipinski definition) is 4. The molecule has 2 aliphatic rings. The minimum absolute atomic E-state index is 0. The fourth-order valence-corrected chi connectivity index (χ4v) is 8.16. The van der Waals surface area contributed by atoms with Crippen LogP contribution < -0.4 is 16.1 Å². The summed E-state index contributed by atoms with van der Waals surface area (Å²) in [6.45, 7) is 8.59. The standard InChI is InChI=1S/C24H25ClN2.C18H21BrN2.C6H6BClO2.CH4/c25-24-9-5-4-8-23(24)21-12-10-20(11-13-21)17-27-15-14-26-22(18-27)16-19-6-2-1-3-7-19;19-17-8-6-16(7-9-17)13-21-11-10-20-18(14-21)12-15-4-2-1-3-5-15;8-6-4-2-1-3-5(6)7(9)10;/h1-13,22,26H,14-18H2;1-9,18,20H,10-14H2;1-4,9-10H;1H4/t22-;18-;;/m00../s1. The van der Waals surface area contributed by atoms with E-state index in [0.29, 0.717) is 22.6 Å². The minimum Gasteiger partial charge on any atom is -0.423 e. The SMILES string of the molecule is Brc1ccc(CN2CCN[C@@H](Cc3ccccc3)C2)cc1.C.Clc1ccccc1-c1ccc(CN2CCN[C@@H](Cc3ccccc3)C2)cc1.OB(O)c1ccccc1Cl. The molecular weight excluding hydrogens is 838 g/mol. The van der Waals surface area contributed by atoms with Gasteiger partial charge in [0.25, 0.3) is 0 Å². The second kappa shape index (κ2) is 24.5. The van der Waals surface area contributed by atoms with Gasteiger partial charge in [-0.15, -0.1) is 0 Å². The van der Waals surface area contributed by atoms with Crippen LogP contribution in [0.3, 0.4) is 0 Å². The summed E-state index contributed by atoms with van der Waals surface area (Å²) >= 11 is 15.4. The van der Waals surface area contributed by atoms with E-state index in [0.717, 1.165) is 80.3 Å². The minimum atomic E-state index is -1.48. The van der Waals surface area contributed by atoms with Crippen LogP contribution in [0.15, 0.2) is 162 Å². The zero-order valence-corrected chi connectivity index (χ0v) is 35.8. The molecular formula is C49H56BBrCl2N4O2. The third kappa shape index (κ3) is 15.3. The summed E-state index contributed by atoms with van der Waals surface area (Å²) in [4.78, 5) is 5.10. The van der Waals surface area contributed by atoms with Crippen molar-refractivity contribution in [3.8, 4) is 11.1 Å². The number of rotatable bonds is 10. The molecule has 0 unspecified atom stereocenters. The lowest BCUT2D eigenvalue weighted by molar-refractivity contribution is 0.192. The van der Waals surface area contributed by atoms with E-state index in [1.165, 1.54) is 27.8 Å². The van der Waals surface area contributed by atoms with Gasteiger partial charge in [0.15, 0.2) is 0 Å². The van der Waals surface area contributed by atoms with E-state index < -0.39 is 7.12 Å². The van der Waals surface area contributed by atoms with Gasteiger partial charge in [-0.25, -0.2) is 0 Å². The van der Waals surface area contributed by atoms with E-state index in [2.05, 4.69) is 152 Å². The molecule has 0 amide bonds. The second-order valence-electron chi connectivity index (χ2n) is 14.9. The topological polar surface area (TPSA) is 71.0 Å². The first kappa shape index (κ1) is 46.3. The van der Waals surface area contributed by atoms with Gasteiger partial charge in [-0.3, -0.25) is 9.80 Å². The summed E-state index contributed by atoms with van der Waals surface area (Å²) in [6, 6.07) is 54.7. The van der Waals surface area contributed by atoms with Crippen LogP contribution >= 0.6 is 39.1 Å². The summed E-state index contributed by atoms with van der Waals surface area (Å²) in [5.74, 6) is 0. The van der Waals surface area contributed by atoms with Crippen molar-refractivity contribution in [1.82, 2.24) is 20.4 Å². The summed E-state index contributed by atoms with van der Waals surface area (Å²) in [6.07, 6.45) is 2.19. The van der Waals surface area contributed by atoms with Gasteiger partial charge >= 0.3 is 7.12 Å². The van der Waals surface area contributed by atoms with E-state index in [4.69, 9.17) is 33.2 Å². The van der Waals surface area contributed by atoms with Crippen LogP contribution in [0.4, 0.5) is 0 Å². The Morgan fingerprint density at radius 3 is 1.44 bits per heavy atom. The first-order chi connectivity index (χ1) is 28.3. The Bertz CT molecular complexity index is 2100. The molecule has 2 heterocycles. The van der Waals surface area contributed by atoms with Crippen LogP contribution in [-0.4, -0.2) is 78.3 Å². The van der Waals surface area contributed by atoms with E-state index in [9.17, 15) is 0 Å². The van der Waals surface area contributed by atoms with Gasteiger partial charge in [-0.1, -0.05) is 180 Å². The lowest BCUT2D eigenvalue weighted by Crippen LogP contribution is -2.51. The van der Waals surface area contributed by atoms with Crippen LogP contribution in [0.5, 0.6) is 0 Å². The molecule has 6 aromatic rings. The molecule has 2 fully saturated rings. The fourth-order valence-electron chi connectivity index (χ4n) is 7.42. The van der Waals surface area contributed by atoms with Crippen LogP contribution in [0, 0.1) is 0 Å². The number of benzene rings is 6. The molecule has 6 aromatic carbocycles. The Labute approximate surface area is 370 Å². The fraction of sp³-hybridized carbons (Fsp3) is 0.265. The smallest absolute Gasteiger partial charge is 0.423 e. The van der Waals surface area contributed by atoms with E-state index >= 15 is 0 Å². The summed E-state index contributed by atoms with van der Waals surface area (Å²) < 4.78 is 1.15. The first-order valence-corrected chi connectivity index (χ1v) is 21.5. The third-order valence-corrected chi connectivity index (χ3v) is 11.6. The van der Waals surface area contributed by atoms with Crippen molar-refractivity contribution in [2.45, 2.75) is 45.4 Å². The Hall–Kier alpha value is -3.80. The predicted molar refractivity (Wildman–Crippen MR) is 253 cm³/mol. The van der Waals surface area contributed by atoms with Crippen LogP contribution in [0.1, 0.15) is 29.7 Å². The second-order valence-corrected chi connectivity index (χ2v) is 16.6. The van der Waals surface area contributed by atoms with Gasteiger partial charge < -0.3 is 20.7 Å². The highest BCUT2D eigenvalue weighted by atomic mass is 79.9. The Balaban J connectivity index is 0.000000183. The molecule has 2 aliphatic heterocycles. The third-order valence-electron chi connectivity index (χ3n) is 10.4. The summed E-state index contributed by atoms with van der Waals surface area (Å²) in [5, 5.41) is 25.8. The maximum atomic E-state index is 8.68. The molecule has 0 saturated carbocycles. The number of nitrogens with zero attached hydrogens (tertiary/aromatic N) is 2. The molecule has 308 valence electrons. The first-order valence-electron chi connectivity index (χ1n) is 20.0. The van der Waals surface area contributed by atoms with Crippen molar-refractivity contribution in [1.29, 1.82) is 0 Å². The highest BCUT2D eigenvalue weighted by Gasteiger charge is 2.21. The molecule has 0 aromatic heterocycles. The maximum absolute atomic E-state index is 8.68. The Morgan fingerprint density at radius 2 is 0.983 bits per heavy atom. The van der Waals surface area contributed by atoms with Gasteiger partial charge in [0.2, 0.25) is 0 Å². The normalized spacial score (nSPS) is 16.7. The highest BCUT2D eigenvalue weighted by Crippen LogP contribution is 2.28. The summed E-state index contributed by atoms with van der Waals surface area (Å²) in [5.41, 5.74) is 8.16. The number of halogens is 3. The highest BCUT2D eigenvalue weighted by molar-refractivity contribution is 9.10. The van der Waals surface area contributed by atoms with E-state index in [1.54, 1.807) is 24.3 Å². The Morgan fingerprint density at radius 1 is 0.542 bits per heavy atom. The lowest BCUT2D eigenvalue weighted by Gasteiger charge is -2.34. The van der Waals surface area contributed by atoms with Crippen molar-refractivity contribution in [2.75, 3.05) is 39.3 Å². The molecule has 0 radical (unpaired) electrons. The van der Waals surface area contributed by atoms with Gasteiger partial charge in [0.1, 0.15) is 0 Å². The van der Waals surface area contributed by atoms with Gasteiger partial charge in [0.05, 0.1) is 0 Å². The van der Waals surface area contributed by atoms with Crippen molar-refractivity contribution in [2.24, 2.45) is 0 Å². The molecule has 0 spiro atoms. The molecule has 0 aliphatic carbocycles. The van der Waals surface area contributed by atoms with E-state index in [1.807, 2.05) is 18.2 Å². The number of hydrogen-bond acceptors (Lipinski definition) is 6. The van der Waals surface area contributed by atoms with Crippen molar-refractivity contribution in [3.63, 3.8) is 0 Å². The van der Waals surface area contributed by atoms with Gasteiger partial charge in [0, 0.05) is 90.0 Å². The van der Waals surface area contributed by atoms with Crippen molar-refractivity contribution in [3.05, 3.63) is 194 Å². The largest absolute Gasteiger partial charge is 0.489 e. The van der Waals surface area contributed by atoms with Crippen LogP contribution in [-0.2, 0) is 25.9 Å². The zero-order valence-electron chi connectivity index (χ0n) is 32.7. The molecule has 2 atom stereocenters. The molecule has 6 nitrogen and oxygen atoms in total. The van der Waals surface area contributed by atoms with Crippen LogP contribution in [0.2, 0.25) is 10.0 Å². The molecule has 10 heteroatoms. The number of nitrogens with one attached hydrogen (secondary N) is 2.